The van der Waals surface area contributed by atoms with Crippen molar-refractivity contribution in [2.24, 2.45) is 0 Å². The number of carbonyl (C=O) groups is 1. The Kier molecular flexibility index (Phi) is 5.19. The molecule has 6 heteroatoms. The summed E-state index contributed by atoms with van der Waals surface area (Å²) in [5.41, 5.74) is 1.20. The van der Waals surface area contributed by atoms with E-state index in [-0.39, 0.29) is 17.0 Å². The third kappa shape index (κ3) is 3.74. The molecule has 2 aromatic rings. The monoisotopic (exact) mass is 348 g/mol. The van der Waals surface area contributed by atoms with Crippen molar-refractivity contribution in [3.05, 3.63) is 75.3 Å². The Bertz CT molecular complexity index is 659. The number of halogens is 1. The maximum Gasteiger partial charge on any atom is 0.280 e. The van der Waals surface area contributed by atoms with Crippen molar-refractivity contribution in [1.29, 1.82) is 0 Å². The van der Waals surface area contributed by atoms with Crippen molar-refractivity contribution in [3.8, 4) is 0 Å². The molecular weight excluding hydrogens is 336 g/mol. The van der Waals surface area contributed by atoms with E-state index in [1.165, 1.54) is 12.1 Å². The number of nitro groups is 1. The normalized spacial score (nSPS) is 10.3. The molecule has 21 heavy (non-hydrogen) atoms. The van der Waals surface area contributed by atoms with Crippen LogP contribution in [-0.2, 0) is 6.42 Å². The fraction of sp³-hybridized carbons (Fsp3) is 0.133. The lowest BCUT2D eigenvalue weighted by molar-refractivity contribution is -0.385. The van der Waals surface area contributed by atoms with E-state index in [4.69, 9.17) is 0 Å². The van der Waals surface area contributed by atoms with Crippen molar-refractivity contribution in [1.82, 2.24) is 4.34 Å². The van der Waals surface area contributed by atoms with Crippen LogP contribution in [0.15, 0.2) is 48.5 Å². The number of hydrogen-bond acceptors (Lipinski definition) is 4. The van der Waals surface area contributed by atoms with E-state index in [0.29, 0.717) is 18.5 Å². The average Bonchev–Trinajstić information content (AvgIpc) is 2.52. The van der Waals surface area contributed by atoms with Crippen molar-refractivity contribution in [2.75, 3.05) is 6.54 Å². The van der Waals surface area contributed by atoms with Gasteiger partial charge in [-0.15, -0.1) is 0 Å². The Morgan fingerprint density at radius 2 is 1.90 bits per heavy atom. The van der Waals surface area contributed by atoms with Crippen LogP contribution in [0.5, 0.6) is 0 Å². The van der Waals surface area contributed by atoms with Crippen molar-refractivity contribution in [3.63, 3.8) is 0 Å². The highest BCUT2D eigenvalue weighted by molar-refractivity contribution is 9.08. The molecular formula is C15H13BrN2O3. The number of carbonyl (C=O) groups excluding carboxylic acids is 1. The summed E-state index contributed by atoms with van der Waals surface area (Å²) in [5.74, 6) is -0.340. The number of nitro benzene ring substituents is 1. The van der Waals surface area contributed by atoms with Crippen LogP contribution < -0.4 is 4.34 Å². The minimum absolute atomic E-state index is 0.113. The Labute approximate surface area is 130 Å². The van der Waals surface area contributed by atoms with E-state index in [2.05, 4.69) is 20.5 Å². The summed E-state index contributed by atoms with van der Waals surface area (Å²) in [4.78, 5) is 23.1. The molecule has 0 aliphatic heterocycles. The van der Waals surface area contributed by atoms with Gasteiger partial charge in [-0.2, -0.15) is 0 Å². The van der Waals surface area contributed by atoms with Gasteiger partial charge >= 0.3 is 0 Å². The molecule has 5 nitrogen and oxygen atoms in total. The molecule has 0 radical (unpaired) electrons. The van der Waals surface area contributed by atoms with Gasteiger partial charge in [-0.1, -0.05) is 36.4 Å². The second-order valence-electron chi connectivity index (χ2n) is 4.44. The molecule has 0 aliphatic carbocycles. The largest absolute Gasteiger partial charge is 0.288 e. The van der Waals surface area contributed by atoms with Crippen molar-refractivity contribution in [2.45, 2.75) is 6.42 Å². The van der Waals surface area contributed by atoms with E-state index in [9.17, 15) is 14.9 Å². The van der Waals surface area contributed by atoms with E-state index in [1.54, 1.807) is 36.4 Å². The maximum absolute atomic E-state index is 12.4. The molecule has 0 bridgehead atoms. The van der Waals surface area contributed by atoms with Crippen LogP contribution in [0.1, 0.15) is 21.5 Å². The first-order valence-electron chi connectivity index (χ1n) is 6.34. The highest BCUT2D eigenvalue weighted by Crippen LogP contribution is 2.23. The van der Waals surface area contributed by atoms with Crippen LogP contribution >= 0.6 is 16.1 Å². The molecule has 0 amide bonds. The van der Waals surface area contributed by atoms with Crippen LogP contribution in [0, 0.1) is 10.1 Å². The molecule has 2 rings (SSSR count). The number of nitrogens with one attached hydrogen (secondary N) is 1. The summed E-state index contributed by atoms with van der Waals surface area (Å²) >= 11 is 3.08. The van der Waals surface area contributed by atoms with Crippen molar-refractivity contribution >= 4 is 27.6 Å². The van der Waals surface area contributed by atoms with Gasteiger partial charge in [0, 0.05) is 34.3 Å². The quantitative estimate of drug-likeness (QED) is 0.376. The van der Waals surface area contributed by atoms with Gasteiger partial charge in [0.25, 0.3) is 5.69 Å². The zero-order valence-corrected chi connectivity index (χ0v) is 12.7. The predicted molar refractivity (Wildman–Crippen MR) is 83.6 cm³/mol. The summed E-state index contributed by atoms with van der Waals surface area (Å²) in [6.07, 6.45) is 0.631. The summed E-state index contributed by atoms with van der Waals surface area (Å²) in [6.45, 7) is 0.642. The zero-order chi connectivity index (χ0) is 15.2. The Balaban J connectivity index is 2.39. The lowest BCUT2D eigenvalue weighted by atomic mass is 9.99. The summed E-state index contributed by atoms with van der Waals surface area (Å²) in [6, 6.07) is 13.3. The lowest BCUT2D eigenvalue weighted by Gasteiger charge is -2.05. The number of nitrogens with zero attached hydrogens (tertiary/aromatic N) is 1. The van der Waals surface area contributed by atoms with E-state index < -0.39 is 4.92 Å². The standard InChI is InChI=1S/C15H13BrN2O3/c16-17-9-8-11-6-7-13(14(10-11)18(20)21)15(19)12-4-2-1-3-5-12/h1-7,10,17H,8-9H2. The molecule has 2 aromatic carbocycles. The molecule has 0 heterocycles. The topological polar surface area (TPSA) is 72.2 Å². The summed E-state index contributed by atoms with van der Waals surface area (Å²) in [5, 5.41) is 11.2. The summed E-state index contributed by atoms with van der Waals surface area (Å²) < 4.78 is 2.80. The average molecular weight is 349 g/mol. The number of hydrogen-bond donors (Lipinski definition) is 1. The van der Waals surface area contributed by atoms with Gasteiger partial charge < -0.3 is 0 Å². The molecule has 0 atom stereocenters. The lowest BCUT2D eigenvalue weighted by Crippen LogP contribution is -2.08. The maximum atomic E-state index is 12.4. The first-order valence-corrected chi connectivity index (χ1v) is 7.13. The predicted octanol–water partition coefficient (Wildman–Crippen LogP) is 3.27. The molecule has 0 spiro atoms. The molecule has 0 saturated heterocycles. The minimum atomic E-state index is -0.513. The van der Waals surface area contributed by atoms with E-state index in [0.717, 1.165) is 5.56 Å². The first kappa shape index (κ1) is 15.3. The zero-order valence-electron chi connectivity index (χ0n) is 11.1. The second kappa shape index (κ2) is 7.10. The van der Waals surface area contributed by atoms with Gasteiger partial charge in [0.1, 0.15) is 5.56 Å². The van der Waals surface area contributed by atoms with Crippen LogP contribution in [0.2, 0.25) is 0 Å². The number of rotatable bonds is 6. The van der Waals surface area contributed by atoms with Crippen LogP contribution in [-0.4, -0.2) is 17.3 Å². The highest BCUT2D eigenvalue weighted by Gasteiger charge is 2.21. The molecule has 0 fully saturated rings. The molecule has 1 N–H and O–H groups in total. The molecule has 108 valence electrons. The second-order valence-corrected chi connectivity index (χ2v) is 5.00. The summed E-state index contributed by atoms with van der Waals surface area (Å²) in [7, 11) is 0. The SMILES string of the molecule is O=C(c1ccccc1)c1ccc(CCNBr)cc1[N+](=O)[O-]. The third-order valence-electron chi connectivity index (χ3n) is 3.05. The van der Waals surface area contributed by atoms with Gasteiger partial charge in [-0.3, -0.25) is 19.3 Å². The minimum Gasteiger partial charge on any atom is -0.288 e. The molecule has 0 aliphatic rings. The highest BCUT2D eigenvalue weighted by atomic mass is 79.9. The van der Waals surface area contributed by atoms with Gasteiger partial charge in [0.15, 0.2) is 5.78 Å². The van der Waals surface area contributed by atoms with Gasteiger partial charge in [0.2, 0.25) is 0 Å². The molecule has 0 aromatic heterocycles. The van der Waals surface area contributed by atoms with Gasteiger partial charge in [0.05, 0.1) is 4.92 Å². The number of benzene rings is 2. The van der Waals surface area contributed by atoms with E-state index >= 15 is 0 Å². The van der Waals surface area contributed by atoms with Gasteiger partial charge in [-0.05, 0) is 18.1 Å². The number of ketones is 1. The Morgan fingerprint density at radius 3 is 2.52 bits per heavy atom. The fourth-order valence-electron chi connectivity index (χ4n) is 2.01. The first-order chi connectivity index (χ1) is 10.1. The smallest absolute Gasteiger partial charge is 0.280 e. The Morgan fingerprint density at radius 1 is 1.19 bits per heavy atom. The third-order valence-corrected chi connectivity index (χ3v) is 3.44. The van der Waals surface area contributed by atoms with Gasteiger partial charge in [-0.25, -0.2) is 0 Å². The fourth-order valence-corrected chi connectivity index (χ4v) is 2.21. The Hall–Kier alpha value is -2.05. The van der Waals surface area contributed by atoms with Crippen LogP contribution in [0.25, 0.3) is 0 Å². The molecule has 0 unspecified atom stereocenters. The van der Waals surface area contributed by atoms with Crippen LogP contribution in [0.3, 0.4) is 0 Å². The van der Waals surface area contributed by atoms with E-state index in [1.807, 2.05) is 0 Å². The molecule has 0 saturated carbocycles. The van der Waals surface area contributed by atoms with Crippen molar-refractivity contribution < 1.29 is 9.72 Å². The van der Waals surface area contributed by atoms with Crippen LogP contribution in [0.4, 0.5) is 5.69 Å².